The number of carbonyl (C=O) groups is 1. The maximum Gasteiger partial charge on any atom is 0.238 e. The highest BCUT2D eigenvalue weighted by Gasteiger charge is 2.20. The number of hydrogen-bond donors (Lipinski definition) is 1. The summed E-state index contributed by atoms with van der Waals surface area (Å²) in [6.07, 6.45) is 0. The van der Waals surface area contributed by atoms with Crippen molar-refractivity contribution in [1.29, 1.82) is 0 Å². The lowest BCUT2D eigenvalue weighted by Crippen LogP contribution is -2.48. The Balaban J connectivity index is 1.26. The van der Waals surface area contributed by atoms with E-state index in [1.807, 2.05) is 6.07 Å². The molecule has 0 bridgehead atoms. The van der Waals surface area contributed by atoms with Crippen LogP contribution in [0.1, 0.15) is 4.88 Å². The predicted molar refractivity (Wildman–Crippen MR) is 130 cm³/mol. The summed E-state index contributed by atoms with van der Waals surface area (Å²) in [4.78, 5) is 19.5. The summed E-state index contributed by atoms with van der Waals surface area (Å²) in [6.45, 7) is 4.62. The quantitative estimate of drug-likeness (QED) is 0.532. The van der Waals surface area contributed by atoms with Crippen LogP contribution in [0.5, 0.6) is 11.5 Å². The number of ether oxygens (including phenoxy) is 2. The van der Waals surface area contributed by atoms with Crippen molar-refractivity contribution < 1.29 is 18.7 Å². The third kappa shape index (κ3) is 6.10. The number of halogens is 1. The molecule has 2 heterocycles. The maximum absolute atomic E-state index is 13.5. The number of thiophene rings is 1. The molecule has 2 aromatic carbocycles. The van der Waals surface area contributed by atoms with Crippen LogP contribution in [0.2, 0.25) is 0 Å². The van der Waals surface area contributed by atoms with Gasteiger partial charge in [0.15, 0.2) is 0 Å². The zero-order chi connectivity index (χ0) is 23.2. The van der Waals surface area contributed by atoms with Crippen LogP contribution in [0.4, 0.5) is 10.1 Å². The molecule has 6 nitrogen and oxygen atoms in total. The summed E-state index contributed by atoms with van der Waals surface area (Å²) < 4.78 is 24.1. The molecule has 1 aromatic heterocycles. The van der Waals surface area contributed by atoms with Crippen molar-refractivity contribution >= 4 is 22.9 Å². The van der Waals surface area contributed by atoms with Crippen LogP contribution in [0.15, 0.2) is 54.6 Å². The lowest BCUT2D eigenvalue weighted by atomic mass is 10.2. The van der Waals surface area contributed by atoms with Crippen LogP contribution >= 0.6 is 11.3 Å². The molecular weight excluding hydrogens is 441 g/mol. The van der Waals surface area contributed by atoms with E-state index in [2.05, 4.69) is 27.2 Å². The Morgan fingerprint density at radius 1 is 1.00 bits per heavy atom. The fourth-order valence-electron chi connectivity index (χ4n) is 3.89. The standard InChI is InChI=1S/C25H28FN3O3S/c1-31-20-6-8-23(32-2)22(15-20)27-25(30)17-29-12-10-28(11-13-29)16-21-7-9-24(33-21)18-4-3-5-19(26)14-18/h3-9,14-15H,10-13,16-17H2,1-2H3,(H,27,30). The Morgan fingerprint density at radius 3 is 2.52 bits per heavy atom. The van der Waals surface area contributed by atoms with Crippen molar-refractivity contribution in [3.8, 4) is 21.9 Å². The first-order valence-corrected chi connectivity index (χ1v) is 11.7. The van der Waals surface area contributed by atoms with Crippen LogP contribution in [-0.2, 0) is 11.3 Å². The number of piperazine rings is 1. The third-order valence-electron chi connectivity index (χ3n) is 5.66. The Morgan fingerprint density at radius 2 is 1.79 bits per heavy atom. The number of hydrogen-bond acceptors (Lipinski definition) is 6. The van der Waals surface area contributed by atoms with Gasteiger partial charge in [0.1, 0.15) is 17.3 Å². The van der Waals surface area contributed by atoms with Crippen molar-refractivity contribution in [2.24, 2.45) is 0 Å². The topological polar surface area (TPSA) is 54.0 Å². The van der Waals surface area contributed by atoms with Crippen LogP contribution in [0.3, 0.4) is 0 Å². The number of nitrogens with one attached hydrogen (secondary N) is 1. The van der Waals surface area contributed by atoms with Crippen molar-refractivity contribution in [3.05, 3.63) is 65.3 Å². The van der Waals surface area contributed by atoms with Gasteiger partial charge in [-0.2, -0.15) is 0 Å². The summed E-state index contributed by atoms with van der Waals surface area (Å²) in [5, 5.41) is 2.93. The van der Waals surface area contributed by atoms with Gasteiger partial charge in [-0.15, -0.1) is 11.3 Å². The highest BCUT2D eigenvalue weighted by Crippen LogP contribution is 2.30. The van der Waals surface area contributed by atoms with Gasteiger partial charge in [0.2, 0.25) is 5.91 Å². The van der Waals surface area contributed by atoms with Gasteiger partial charge in [0.05, 0.1) is 26.5 Å². The molecule has 3 aromatic rings. The third-order valence-corrected chi connectivity index (χ3v) is 6.78. The number of nitrogens with zero attached hydrogens (tertiary/aromatic N) is 2. The largest absolute Gasteiger partial charge is 0.497 e. The van der Waals surface area contributed by atoms with E-state index in [0.717, 1.165) is 43.2 Å². The van der Waals surface area contributed by atoms with Crippen molar-refractivity contribution in [2.75, 3.05) is 52.3 Å². The van der Waals surface area contributed by atoms with E-state index in [9.17, 15) is 9.18 Å². The number of methoxy groups -OCH3 is 2. The molecule has 0 saturated carbocycles. The molecule has 1 saturated heterocycles. The van der Waals surface area contributed by atoms with Gasteiger partial charge in [0.25, 0.3) is 0 Å². The van der Waals surface area contributed by atoms with E-state index in [1.54, 1.807) is 55.9 Å². The second-order valence-corrected chi connectivity index (χ2v) is 9.11. The van der Waals surface area contributed by atoms with Gasteiger partial charge in [0, 0.05) is 48.5 Å². The normalized spacial score (nSPS) is 14.8. The maximum atomic E-state index is 13.5. The molecule has 1 aliphatic heterocycles. The molecule has 1 N–H and O–H groups in total. The van der Waals surface area contributed by atoms with Crippen LogP contribution in [0.25, 0.3) is 10.4 Å². The van der Waals surface area contributed by atoms with Crippen LogP contribution < -0.4 is 14.8 Å². The molecule has 4 rings (SSSR count). The van der Waals surface area contributed by atoms with E-state index in [-0.39, 0.29) is 11.7 Å². The summed E-state index contributed by atoms with van der Waals surface area (Å²) in [7, 11) is 3.16. The highest BCUT2D eigenvalue weighted by molar-refractivity contribution is 7.15. The smallest absolute Gasteiger partial charge is 0.238 e. The number of rotatable bonds is 8. The van der Waals surface area contributed by atoms with Crippen molar-refractivity contribution in [1.82, 2.24) is 9.80 Å². The minimum absolute atomic E-state index is 0.0759. The fraction of sp³-hybridized carbons (Fsp3) is 0.320. The molecule has 1 amide bonds. The van der Waals surface area contributed by atoms with E-state index in [0.29, 0.717) is 23.7 Å². The van der Waals surface area contributed by atoms with Gasteiger partial charge < -0.3 is 14.8 Å². The summed E-state index contributed by atoms with van der Waals surface area (Å²) in [5.74, 6) is 0.969. The molecule has 0 unspecified atom stereocenters. The molecule has 0 aliphatic carbocycles. The second kappa shape index (κ2) is 10.8. The first-order chi connectivity index (χ1) is 16.0. The molecule has 0 radical (unpaired) electrons. The van der Waals surface area contributed by atoms with Gasteiger partial charge in [-0.25, -0.2) is 4.39 Å². The Labute approximate surface area is 197 Å². The molecule has 8 heteroatoms. The lowest BCUT2D eigenvalue weighted by Gasteiger charge is -2.34. The summed E-state index contributed by atoms with van der Waals surface area (Å²) in [6, 6.07) is 16.2. The highest BCUT2D eigenvalue weighted by atomic mass is 32.1. The van der Waals surface area contributed by atoms with Gasteiger partial charge in [-0.3, -0.25) is 14.6 Å². The minimum Gasteiger partial charge on any atom is -0.497 e. The first-order valence-electron chi connectivity index (χ1n) is 10.9. The fourth-order valence-corrected chi connectivity index (χ4v) is 4.94. The van der Waals surface area contributed by atoms with E-state index < -0.39 is 0 Å². The van der Waals surface area contributed by atoms with Crippen LogP contribution in [-0.4, -0.2) is 62.7 Å². The number of anilines is 1. The Hall–Kier alpha value is -2.94. The van der Waals surface area contributed by atoms with Crippen molar-refractivity contribution in [2.45, 2.75) is 6.54 Å². The molecular formula is C25H28FN3O3S. The molecule has 0 atom stereocenters. The number of carbonyl (C=O) groups excluding carboxylic acids is 1. The Kier molecular flexibility index (Phi) is 7.59. The molecule has 33 heavy (non-hydrogen) atoms. The first kappa shape index (κ1) is 23.2. The SMILES string of the molecule is COc1ccc(OC)c(NC(=O)CN2CCN(Cc3ccc(-c4cccc(F)c4)s3)CC2)c1. The molecule has 0 spiro atoms. The second-order valence-electron chi connectivity index (χ2n) is 7.94. The van der Waals surface area contributed by atoms with E-state index in [4.69, 9.17) is 9.47 Å². The van der Waals surface area contributed by atoms with E-state index >= 15 is 0 Å². The number of amides is 1. The van der Waals surface area contributed by atoms with E-state index in [1.165, 1.54) is 10.9 Å². The molecule has 1 fully saturated rings. The minimum atomic E-state index is -0.215. The summed E-state index contributed by atoms with van der Waals surface area (Å²) in [5.41, 5.74) is 1.52. The lowest BCUT2D eigenvalue weighted by molar-refractivity contribution is -0.117. The van der Waals surface area contributed by atoms with Crippen LogP contribution in [0, 0.1) is 5.82 Å². The van der Waals surface area contributed by atoms with Crippen molar-refractivity contribution in [3.63, 3.8) is 0 Å². The monoisotopic (exact) mass is 469 g/mol. The molecule has 1 aliphatic rings. The van der Waals surface area contributed by atoms with Gasteiger partial charge in [-0.05, 0) is 42.0 Å². The van der Waals surface area contributed by atoms with Gasteiger partial charge in [-0.1, -0.05) is 12.1 Å². The zero-order valence-electron chi connectivity index (χ0n) is 18.8. The number of benzene rings is 2. The zero-order valence-corrected chi connectivity index (χ0v) is 19.7. The average molecular weight is 470 g/mol. The summed E-state index contributed by atoms with van der Waals surface area (Å²) >= 11 is 1.70. The van der Waals surface area contributed by atoms with Gasteiger partial charge >= 0.3 is 0 Å². The average Bonchev–Trinajstić information content (AvgIpc) is 3.29. The predicted octanol–water partition coefficient (Wildman–Crippen LogP) is 4.33. The molecule has 174 valence electrons. The Bertz CT molecular complexity index is 1100.